The molecule has 1 fully saturated rings. The lowest BCUT2D eigenvalue weighted by atomic mass is 10.1. The molecule has 0 aromatic rings. The standard InChI is InChI=1S/C6H11NO2/c1-2-4-3-5(7)6(8)9-4/h4-5H,2-3,7H2,1H3/t4-,5-/m0/s1. The van der Waals surface area contributed by atoms with Crippen LogP contribution in [0.3, 0.4) is 0 Å². The van der Waals surface area contributed by atoms with Crippen molar-refractivity contribution in [3.05, 3.63) is 0 Å². The Morgan fingerprint density at radius 3 is 2.78 bits per heavy atom. The molecule has 9 heavy (non-hydrogen) atoms. The van der Waals surface area contributed by atoms with Crippen LogP contribution in [0.4, 0.5) is 0 Å². The first-order valence-corrected chi connectivity index (χ1v) is 3.20. The van der Waals surface area contributed by atoms with Gasteiger partial charge in [-0.05, 0) is 6.42 Å². The van der Waals surface area contributed by atoms with Crippen LogP contribution in [0, 0.1) is 0 Å². The Labute approximate surface area is 54.2 Å². The van der Waals surface area contributed by atoms with Gasteiger partial charge in [-0.2, -0.15) is 0 Å². The van der Waals surface area contributed by atoms with Crippen LogP contribution in [0.5, 0.6) is 0 Å². The molecule has 0 amide bonds. The average molecular weight is 129 g/mol. The minimum atomic E-state index is -0.366. The van der Waals surface area contributed by atoms with Gasteiger partial charge < -0.3 is 10.5 Å². The highest BCUT2D eigenvalue weighted by Gasteiger charge is 2.29. The van der Waals surface area contributed by atoms with Crippen molar-refractivity contribution in [1.82, 2.24) is 0 Å². The van der Waals surface area contributed by atoms with Crippen LogP contribution in [0.15, 0.2) is 0 Å². The second-order valence-electron chi connectivity index (χ2n) is 2.31. The van der Waals surface area contributed by atoms with Gasteiger partial charge in [-0.3, -0.25) is 4.79 Å². The molecule has 2 atom stereocenters. The summed E-state index contributed by atoms with van der Waals surface area (Å²) in [7, 11) is 0. The lowest BCUT2D eigenvalue weighted by Crippen LogP contribution is -2.24. The number of cyclic esters (lactones) is 1. The maximum Gasteiger partial charge on any atom is 0.323 e. The van der Waals surface area contributed by atoms with Gasteiger partial charge in [0, 0.05) is 6.42 Å². The Morgan fingerprint density at radius 2 is 2.56 bits per heavy atom. The molecule has 0 spiro atoms. The smallest absolute Gasteiger partial charge is 0.323 e. The molecule has 52 valence electrons. The summed E-state index contributed by atoms with van der Waals surface area (Å²) in [5.41, 5.74) is 5.37. The predicted octanol–water partition coefficient (Wildman–Crippen LogP) is 0.0392. The third kappa shape index (κ3) is 1.21. The molecule has 0 aromatic carbocycles. The molecule has 1 aliphatic heterocycles. The summed E-state index contributed by atoms with van der Waals surface area (Å²) in [6.07, 6.45) is 1.64. The van der Waals surface area contributed by atoms with Crippen molar-refractivity contribution >= 4 is 5.97 Å². The minimum absolute atomic E-state index is 0.0764. The fourth-order valence-electron chi connectivity index (χ4n) is 0.929. The van der Waals surface area contributed by atoms with E-state index in [-0.39, 0.29) is 18.1 Å². The maximum atomic E-state index is 10.6. The zero-order valence-electron chi connectivity index (χ0n) is 5.46. The highest BCUT2D eigenvalue weighted by Crippen LogP contribution is 2.14. The number of carbonyl (C=O) groups excluding carboxylic acids is 1. The van der Waals surface area contributed by atoms with Gasteiger partial charge in [-0.1, -0.05) is 6.92 Å². The third-order valence-electron chi connectivity index (χ3n) is 1.56. The van der Waals surface area contributed by atoms with Gasteiger partial charge in [0.05, 0.1) is 0 Å². The highest BCUT2D eigenvalue weighted by molar-refractivity contribution is 5.77. The Morgan fingerprint density at radius 1 is 1.89 bits per heavy atom. The monoisotopic (exact) mass is 129 g/mol. The second kappa shape index (κ2) is 2.35. The first-order chi connectivity index (χ1) is 4.24. The van der Waals surface area contributed by atoms with E-state index >= 15 is 0 Å². The summed E-state index contributed by atoms with van der Waals surface area (Å²) in [6, 6.07) is -0.366. The Hall–Kier alpha value is -0.570. The maximum absolute atomic E-state index is 10.6. The first kappa shape index (κ1) is 6.55. The lowest BCUT2D eigenvalue weighted by molar-refractivity contribution is -0.142. The van der Waals surface area contributed by atoms with Crippen molar-refractivity contribution in [2.45, 2.75) is 31.9 Å². The van der Waals surface area contributed by atoms with Gasteiger partial charge in [0.15, 0.2) is 0 Å². The molecule has 1 saturated heterocycles. The molecule has 1 aliphatic rings. The van der Waals surface area contributed by atoms with E-state index in [1.807, 2.05) is 6.92 Å². The first-order valence-electron chi connectivity index (χ1n) is 3.20. The molecule has 0 bridgehead atoms. The van der Waals surface area contributed by atoms with Crippen molar-refractivity contribution in [2.75, 3.05) is 0 Å². The van der Waals surface area contributed by atoms with Crippen LogP contribution in [0.25, 0.3) is 0 Å². The number of hydrogen-bond donors (Lipinski definition) is 1. The SMILES string of the molecule is CC[C@H]1C[C@H](N)C(=O)O1. The molecule has 2 N–H and O–H groups in total. The van der Waals surface area contributed by atoms with Crippen molar-refractivity contribution in [3.63, 3.8) is 0 Å². The van der Waals surface area contributed by atoms with Crippen molar-refractivity contribution < 1.29 is 9.53 Å². The van der Waals surface area contributed by atoms with Crippen molar-refractivity contribution in [2.24, 2.45) is 5.73 Å². The van der Waals surface area contributed by atoms with E-state index in [2.05, 4.69) is 0 Å². The van der Waals surface area contributed by atoms with Gasteiger partial charge in [-0.15, -0.1) is 0 Å². The van der Waals surface area contributed by atoms with E-state index in [9.17, 15) is 4.79 Å². The van der Waals surface area contributed by atoms with Crippen LogP contribution in [-0.4, -0.2) is 18.1 Å². The minimum Gasteiger partial charge on any atom is -0.461 e. The molecule has 3 nitrogen and oxygen atoms in total. The second-order valence-corrected chi connectivity index (χ2v) is 2.31. The van der Waals surface area contributed by atoms with Gasteiger partial charge in [0.2, 0.25) is 0 Å². The number of hydrogen-bond acceptors (Lipinski definition) is 3. The van der Waals surface area contributed by atoms with E-state index in [1.54, 1.807) is 0 Å². The molecule has 0 aromatic heterocycles. The molecule has 3 heteroatoms. The summed E-state index contributed by atoms with van der Waals surface area (Å²) >= 11 is 0. The number of ether oxygens (including phenoxy) is 1. The largest absolute Gasteiger partial charge is 0.461 e. The molecule has 1 heterocycles. The summed E-state index contributed by atoms with van der Waals surface area (Å²) in [6.45, 7) is 1.98. The Balaban J connectivity index is 2.44. The van der Waals surface area contributed by atoms with E-state index < -0.39 is 0 Å². The molecular weight excluding hydrogens is 118 g/mol. The van der Waals surface area contributed by atoms with E-state index in [1.165, 1.54) is 0 Å². The summed E-state index contributed by atoms with van der Waals surface area (Å²) in [5.74, 6) is -0.248. The van der Waals surface area contributed by atoms with E-state index in [4.69, 9.17) is 10.5 Å². The fraction of sp³-hybridized carbons (Fsp3) is 0.833. The average Bonchev–Trinajstić information content (AvgIpc) is 2.13. The summed E-state index contributed by atoms with van der Waals surface area (Å²) in [5, 5.41) is 0. The van der Waals surface area contributed by atoms with E-state index in [0.717, 1.165) is 6.42 Å². The Kier molecular flexibility index (Phi) is 1.71. The topological polar surface area (TPSA) is 52.3 Å². The molecule has 0 radical (unpaired) electrons. The number of carbonyl (C=O) groups is 1. The van der Waals surface area contributed by atoms with Gasteiger partial charge in [-0.25, -0.2) is 0 Å². The zero-order chi connectivity index (χ0) is 6.85. The van der Waals surface area contributed by atoms with Crippen LogP contribution in [-0.2, 0) is 9.53 Å². The van der Waals surface area contributed by atoms with Gasteiger partial charge >= 0.3 is 5.97 Å². The van der Waals surface area contributed by atoms with Crippen LogP contribution >= 0.6 is 0 Å². The van der Waals surface area contributed by atoms with Crippen LogP contribution in [0.2, 0.25) is 0 Å². The summed E-state index contributed by atoms with van der Waals surface area (Å²) < 4.78 is 4.86. The lowest BCUT2D eigenvalue weighted by Gasteiger charge is -2.01. The molecule has 0 aliphatic carbocycles. The van der Waals surface area contributed by atoms with Crippen molar-refractivity contribution in [1.29, 1.82) is 0 Å². The quantitative estimate of drug-likeness (QED) is 0.508. The third-order valence-corrected chi connectivity index (χ3v) is 1.56. The van der Waals surface area contributed by atoms with Crippen molar-refractivity contribution in [3.8, 4) is 0 Å². The molecular formula is C6H11NO2. The Bertz CT molecular complexity index is 124. The number of rotatable bonds is 1. The number of nitrogens with two attached hydrogens (primary N) is 1. The van der Waals surface area contributed by atoms with E-state index in [0.29, 0.717) is 6.42 Å². The number of esters is 1. The fourth-order valence-corrected chi connectivity index (χ4v) is 0.929. The van der Waals surface area contributed by atoms with Gasteiger partial charge in [0.1, 0.15) is 12.1 Å². The molecule has 0 saturated carbocycles. The van der Waals surface area contributed by atoms with Gasteiger partial charge in [0.25, 0.3) is 0 Å². The predicted molar refractivity (Wildman–Crippen MR) is 32.8 cm³/mol. The molecule has 1 rings (SSSR count). The molecule has 0 unspecified atom stereocenters. The van der Waals surface area contributed by atoms with Crippen LogP contribution in [0.1, 0.15) is 19.8 Å². The zero-order valence-corrected chi connectivity index (χ0v) is 5.46. The highest BCUT2D eigenvalue weighted by atomic mass is 16.6. The van der Waals surface area contributed by atoms with Crippen LogP contribution < -0.4 is 5.73 Å². The summed E-state index contributed by atoms with van der Waals surface area (Å²) in [4.78, 5) is 10.6. The normalized spacial score (nSPS) is 34.7.